The number of rotatable bonds is 0. The number of hydrogen-bond donors (Lipinski definition) is 1. The molecule has 2 aliphatic heterocycles. The molecule has 1 unspecified atom stereocenters. The fourth-order valence-electron chi connectivity index (χ4n) is 1.44. The third-order valence-electron chi connectivity index (χ3n) is 2.07. The van der Waals surface area contributed by atoms with Gasteiger partial charge in [-0.25, -0.2) is 0 Å². The highest BCUT2D eigenvalue weighted by molar-refractivity contribution is 8.03. The zero-order valence-electron chi connectivity index (χ0n) is 6.85. The van der Waals surface area contributed by atoms with Crippen molar-refractivity contribution in [1.82, 2.24) is 5.32 Å². The van der Waals surface area contributed by atoms with Gasteiger partial charge in [-0.05, 0) is 18.9 Å². The number of halogens is 1. The molecule has 66 valence electrons. The first-order valence-electron chi connectivity index (χ1n) is 4.26. The maximum absolute atomic E-state index is 6.06. The van der Waals surface area contributed by atoms with Gasteiger partial charge in [-0.1, -0.05) is 6.08 Å². The van der Waals surface area contributed by atoms with Crippen molar-refractivity contribution in [3.05, 3.63) is 22.8 Å². The van der Waals surface area contributed by atoms with E-state index in [1.807, 2.05) is 11.8 Å². The molecule has 1 nitrogen and oxygen atoms in total. The summed E-state index contributed by atoms with van der Waals surface area (Å²) in [7, 11) is 0. The molecular formula is C9H12ClNS. The van der Waals surface area contributed by atoms with Crippen molar-refractivity contribution in [2.75, 3.05) is 12.3 Å². The molecule has 0 fully saturated rings. The maximum Gasteiger partial charge on any atom is 0.0554 e. The van der Waals surface area contributed by atoms with Crippen LogP contribution < -0.4 is 5.32 Å². The van der Waals surface area contributed by atoms with Gasteiger partial charge in [-0.3, -0.25) is 0 Å². The Balaban J connectivity index is 2.18. The van der Waals surface area contributed by atoms with Crippen molar-refractivity contribution in [2.24, 2.45) is 0 Å². The number of allylic oxidation sites excluding steroid dienone is 3. The van der Waals surface area contributed by atoms with Gasteiger partial charge < -0.3 is 5.32 Å². The summed E-state index contributed by atoms with van der Waals surface area (Å²) in [5.41, 5.74) is 1.30. The summed E-state index contributed by atoms with van der Waals surface area (Å²) in [6, 6.07) is 0. The number of thioether (sulfide) groups is 1. The first-order chi connectivity index (χ1) is 5.86. The van der Waals surface area contributed by atoms with Crippen molar-refractivity contribution >= 4 is 23.4 Å². The van der Waals surface area contributed by atoms with Crippen LogP contribution in [0.4, 0.5) is 0 Å². The minimum atomic E-state index is 0.280. The molecule has 0 aromatic heterocycles. The van der Waals surface area contributed by atoms with E-state index in [1.165, 1.54) is 22.8 Å². The van der Waals surface area contributed by atoms with Crippen LogP contribution in [0, 0.1) is 0 Å². The second-order valence-electron chi connectivity index (χ2n) is 3.06. The van der Waals surface area contributed by atoms with Gasteiger partial charge in [-0.15, -0.1) is 23.4 Å². The van der Waals surface area contributed by atoms with Gasteiger partial charge in [0.2, 0.25) is 0 Å². The Morgan fingerprint density at radius 2 is 2.50 bits per heavy atom. The molecule has 2 aliphatic rings. The van der Waals surface area contributed by atoms with E-state index in [9.17, 15) is 0 Å². The molecule has 0 saturated heterocycles. The molecule has 0 aromatic rings. The Morgan fingerprint density at radius 3 is 3.42 bits per heavy atom. The van der Waals surface area contributed by atoms with Gasteiger partial charge in [-0.2, -0.15) is 0 Å². The van der Waals surface area contributed by atoms with Crippen molar-refractivity contribution < 1.29 is 0 Å². The lowest BCUT2D eigenvalue weighted by molar-refractivity contribution is 0.704. The number of alkyl halides is 1. The van der Waals surface area contributed by atoms with E-state index in [-0.39, 0.29) is 5.38 Å². The molecule has 2 heterocycles. The lowest BCUT2D eigenvalue weighted by atomic mass is 10.1. The SMILES string of the molecule is ClC1CNC2=C(C1)SCCC=C2. The first kappa shape index (κ1) is 8.52. The van der Waals surface area contributed by atoms with E-state index < -0.39 is 0 Å². The predicted molar refractivity (Wildman–Crippen MR) is 55.5 cm³/mol. The molecule has 2 rings (SSSR count). The largest absolute Gasteiger partial charge is 0.383 e. The Morgan fingerprint density at radius 1 is 1.58 bits per heavy atom. The monoisotopic (exact) mass is 201 g/mol. The fraction of sp³-hybridized carbons (Fsp3) is 0.556. The second kappa shape index (κ2) is 3.75. The van der Waals surface area contributed by atoms with Crippen LogP contribution in [0.2, 0.25) is 0 Å². The van der Waals surface area contributed by atoms with E-state index in [1.54, 1.807) is 0 Å². The summed E-state index contributed by atoms with van der Waals surface area (Å²) in [5, 5.41) is 3.63. The zero-order valence-corrected chi connectivity index (χ0v) is 8.42. The summed E-state index contributed by atoms with van der Waals surface area (Å²) in [6.07, 6.45) is 6.64. The summed E-state index contributed by atoms with van der Waals surface area (Å²) in [4.78, 5) is 1.44. The zero-order chi connectivity index (χ0) is 8.39. The van der Waals surface area contributed by atoms with E-state index in [2.05, 4.69) is 17.5 Å². The molecule has 1 atom stereocenters. The Bertz CT molecular complexity index is 235. The van der Waals surface area contributed by atoms with Crippen LogP contribution in [0.5, 0.6) is 0 Å². The molecule has 0 aromatic carbocycles. The van der Waals surface area contributed by atoms with Gasteiger partial charge in [0.05, 0.1) is 5.38 Å². The van der Waals surface area contributed by atoms with Gasteiger partial charge in [0.25, 0.3) is 0 Å². The van der Waals surface area contributed by atoms with Gasteiger partial charge in [0.15, 0.2) is 0 Å². The highest BCUT2D eigenvalue weighted by Crippen LogP contribution is 2.31. The molecule has 3 heteroatoms. The molecule has 0 aliphatic carbocycles. The maximum atomic E-state index is 6.06. The summed E-state index contributed by atoms with van der Waals surface area (Å²) in [6.45, 7) is 0.908. The van der Waals surface area contributed by atoms with E-state index in [0.29, 0.717) is 0 Å². The van der Waals surface area contributed by atoms with E-state index in [4.69, 9.17) is 11.6 Å². The van der Waals surface area contributed by atoms with Gasteiger partial charge in [0, 0.05) is 22.9 Å². The minimum Gasteiger partial charge on any atom is -0.383 e. The van der Waals surface area contributed by atoms with Crippen molar-refractivity contribution in [3.8, 4) is 0 Å². The van der Waals surface area contributed by atoms with Crippen molar-refractivity contribution in [2.45, 2.75) is 18.2 Å². The normalized spacial score (nSPS) is 29.2. The average molecular weight is 202 g/mol. The molecule has 12 heavy (non-hydrogen) atoms. The molecule has 0 radical (unpaired) electrons. The molecular weight excluding hydrogens is 190 g/mol. The molecule has 1 N–H and O–H groups in total. The topological polar surface area (TPSA) is 12.0 Å². The second-order valence-corrected chi connectivity index (χ2v) is 4.87. The quantitative estimate of drug-likeness (QED) is 0.605. The summed E-state index contributed by atoms with van der Waals surface area (Å²) < 4.78 is 0. The average Bonchev–Trinajstić information content (AvgIpc) is 2.28. The van der Waals surface area contributed by atoms with Crippen LogP contribution in [0.25, 0.3) is 0 Å². The molecule has 0 saturated carbocycles. The third kappa shape index (κ3) is 1.80. The highest BCUT2D eigenvalue weighted by atomic mass is 35.5. The van der Waals surface area contributed by atoms with Crippen LogP contribution in [0.3, 0.4) is 0 Å². The Labute approximate surface area is 82.2 Å². The number of hydrogen-bond acceptors (Lipinski definition) is 2. The highest BCUT2D eigenvalue weighted by Gasteiger charge is 2.18. The van der Waals surface area contributed by atoms with Crippen molar-refractivity contribution in [1.29, 1.82) is 0 Å². The smallest absolute Gasteiger partial charge is 0.0554 e. The van der Waals surface area contributed by atoms with Crippen LogP contribution in [-0.2, 0) is 0 Å². The van der Waals surface area contributed by atoms with Crippen LogP contribution in [0.15, 0.2) is 22.8 Å². The van der Waals surface area contributed by atoms with Crippen molar-refractivity contribution in [3.63, 3.8) is 0 Å². The lowest BCUT2D eigenvalue weighted by Crippen LogP contribution is -2.28. The minimum absolute atomic E-state index is 0.280. The lowest BCUT2D eigenvalue weighted by Gasteiger charge is -2.22. The van der Waals surface area contributed by atoms with E-state index >= 15 is 0 Å². The third-order valence-corrected chi connectivity index (χ3v) is 3.55. The summed E-state index contributed by atoms with van der Waals surface area (Å²) >= 11 is 8.00. The van der Waals surface area contributed by atoms with Gasteiger partial charge >= 0.3 is 0 Å². The predicted octanol–water partition coefficient (Wildman–Crippen LogP) is 2.49. The molecule has 0 spiro atoms. The van der Waals surface area contributed by atoms with Crippen LogP contribution >= 0.6 is 23.4 Å². The fourth-order valence-corrected chi connectivity index (χ4v) is 2.88. The van der Waals surface area contributed by atoms with Gasteiger partial charge in [0.1, 0.15) is 0 Å². The standard InChI is InChI=1S/C9H12ClNS/c10-7-5-9-8(11-6-7)3-1-2-4-12-9/h1,3,7,11H,2,4-6H2. The Kier molecular flexibility index (Phi) is 2.66. The first-order valence-corrected chi connectivity index (χ1v) is 5.69. The van der Waals surface area contributed by atoms with Crippen LogP contribution in [-0.4, -0.2) is 17.7 Å². The molecule has 0 amide bonds. The Hall–Kier alpha value is -0.0800. The van der Waals surface area contributed by atoms with E-state index in [0.717, 1.165) is 13.0 Å². The van der Waals surface area contributed by atoms with Crippen LogP contribution in [0.1, 0.15) is 12.8 Å². The molecule has 0 bridgehead atoms. The summed E-state index contributed by atoms with van der Waals surface area (Å²) in [5.74, 6) is 1.20. The number of nitrogens with one attached hydrogen (secondary N) is 1.